The lowest BCUT2D eigenvalue weighted by Gasteiger charge is -2.28. The van der Waals surface area contributed by atoms with E-state index in [0.29, 0.717) is 30.0 Å². The second-order valence-electron chi connectivity index (χ2n) is 7.49. The Bertz CT molecular complexity index is 1070. The zero-order valence-electron chi connectivity index (χ0n) is 16.8. The first-order valence-electron chi connectivity index (χ1n) is 9.70. The molecule has 3 heterocycles. The Morgan fingerprint density at radius 1 is 1.24 bits per heavy atom. The fraction of sp³-hybridized carbons (Fsp3) is 0.333. The largest absolute Gasteiger partial charge is 0.360 e. The highest BCUT2D eigenvalue weighted by molar-refractivity contribution is 6.06. The molecule has 0 bridgehead atoms. The molecule has 0 aliphatic carbocycles. The number of hydrogen-bond acceptors (Lipinski definition) is 5. The molecule has 0 unspecified atom stereocenters. The molecule has 0 spiro atoms. The molecule has 2 N–H and O–H groups in total. The Balaban J connectivity index is 1.52. The van der Waals surface area contributed by atoms with Crippen molar-refractivity contribution in [2.45, 2.75) is 26.8 Å². The van der Waals surface area contributed by atoms with Gasteiger partial charge >= 0.3 is 0 Å². The molecule has 29 heavy (non-hydrogen) atoms. The predicted octanol–water partition coefficient (Wildman–Crippen LogP) is 2.51. The molecule has 8 nitrogen and oxygen atoms in total. The molecular formula is C21H24N6O2. The second-order valence-corrected chi connectivity index (χ2v) is 7.49. The zero-order chi connectivity index (χ0) is 20.5. The van der Waals surface area contributed by atoms with Gasteiger partial charge < -0.3 is 15.5 Å². The summed E-state index contributed by atoms with van der Waals surface area (Å²) in [5.41, 5.74) is 3.62. The van der Waals surface area contributed by atoms with Crippen molar-refractivity contribution in [2.75, 3.05) is 29.9 Å². The number of fused-ring (bicyclic) bond motifs is 1. The summed E-state index contributed by atoms with van der Waals surface area (Å²) in [5.74, 6) is -0.188. The minimum Gasteiger partial charge on any atom is -0.360 e. The SMILES string of the molecule is Cc1nc2c(cnn2C(C)C)cc1C(=O)Nc1ccc(N2CCNC(=O)C2)cc1. The van der Waals surface area contributed by atoms with Crippen LogP contribution in [-0.4, -0.2) is 46.2 Å². The number of nitrogens with one attached hydrogen (secondary N) is 2. The highest BCUT2D eigenvalue weighted by Gasteiger charge is 2.18. The van der Waals surface area contributed by atoms with Crippen LogP contribution in [0.3, 0.4) is 0 Å². The summed E-state index contributed by atoms with van der Waals surface area (Å²) >= 11 is 0. The Labute approximate surface area is 168 Å². The molecule has 1 fully saturated rings. The number of anilines is 2. The monoisotopic (exact) mass is 392 g/mol. The zero-order valence-corrected chi connectivity index (χ0v) is 16.8. The van der Waals surface area contributed by atoms with Crippen molar-refractivity contribution < 1.29 is 9.59 Å². The molecule has 1 aliphatic rings. The first-order valence-corrected chi connectivity index (χ1v) is 9.70. The Morgan fingerprint density at radius 2 is 2.00 bits per heavy atom. The number of piperazine rings is 1. The predicted molar refractivity (Wildman–Crippen MR) is 112 cm³/mol. The summed E-state index contributed by atoms with van der Waals surface area (Å²) in [6, 6.07) is 9.54. The molecule has 150 valence electrons. The van der Waals surface area contributed by atoms with Gasteiger partial charge in [0.25, 0.3) is 5.91 Å². The molecule has 1 saturated heterocycles. The van der Waals surface area contributed by atoms with E-state index in [0.717, 1.165) is 23.3 Å². The van der Waals surface area contributed by atoms with E-state index < -0.39 is 0 Å². The number of carbonyl (C=O) groups is 2. The smallest absolute Gasteiger partial charge is 0.257 e. The number of aromatic nitrogens is 3. The lowest BCUT2D eigenvalue weighted by molar-refractivity contribution is -0.120. The minimum absolute atomic E-state index is 0.0211. The third kappa shape index (κ3) is 3.78. The van der Waals surface area contributed by atoms with Crippen LogP contribution < -0.4 is 15.5 Å². The first kappa shape index (κ1) is 18.9. The van der Waals surface area contributed by atoms with Crippen LogP contribution >= 0.6 is 0 Å². The van der Waals surface area contributed by atoms with E-state index in [9.17, 15) is 9.59 Å². The molecule has 2 aromatic heterocycles. The van der Waals surface area contributed by atoms with E-state index in [1.54, 1.807) is 6.20 Å². The van der Waals surface area contributed by atoms with Gasteiger partial charge in [-0.2, -0.15) is 5.10 Å². The number of rotatable bonds is 4. The van der Waals surface area contributed by atoms with Crippen LogP contribution in [0, 0.1) is 6.92 Å². The van der Waals surface area contributed by atoms with E-state index in [2.05, 4.69) is 20.7 Å². The standard InChI is InChI=1S/C21H24N6O2/c1-13(2)27-20-15(11-23-27)10-18(14(3)24-20)21(29)25-16-4-6-17(7-5-16)26-9-8-22-19(28)12-26/h4-7,10-11,13H,8-9,12H2,1-3H3,(H,22,28)(H,25,29). The maximum Gasteiger partial charge on any atom is 0.257 e. The Morgan fingerprint density at radius 3 is 2.69 bits per heavy atom. The third-order valence-corrected chi connectivity index (χ3v) is 5.02. The van der Waals surface area contributed by atoms with E-state index in [1.165, 1.54) is 0 Å². The van der Waals surface area contributed by atoms with Crippen molar-refractivity contribution in [2.24, 2.45) is 0 Å². The Kier molecular flexibility index (Phi) is 4.92. The lowest BCUT2D eigenvalue weighted by Crippen LogP contribution is -2.47. The summed E-state index contributed by atoms with van der Waals surface area (Å²) in [4.78, 5) is 31.0. The number of hydrogen-bond donors (Lipinski definition) is 2. The van der Waals surface area contributed by atoms with Gasteiger partial charge in [0, 0.05) is 35.9 Å². The fourth-order valence-corrected chi connectivity index (χ4v) is 3.49. The van der Waals surface area contributed by atoms with Crippen molar-refractivity contribution in [1.82, 2.24) is 20.1 Å². The van der Waals surface area contributed by atoms with Crippen LogP contribution in [0.25, 0.3) is 11.0 Å². The first-order chi connectivity index (χ1) is 13.9. The van der Waals surface area contributed by atoms with Gasteiger partial charge in [0.05, 0.1) is 24.0 Å². The van der Waals surface area contributed by atoms with Crippen LogP contribution in [0.15, 0.2) is 36.5 Å². The van der Waals surface area contributed by atoms with Crippen molar-refractivity contribution in [3.63, 3.8) is 0 Å². The normalized spacial score (nSPS) is 14.3. The highest BCUT2D eigenvalue weighted by Crippen LogP contribution is 2.22. The summed E-state index contributed by atoms with van der Waals surface area (Å²) in [5, 5.41) is 11.0. The van der Waals surface area contributed by atoms with Gasteiger partial charge in [0.2, 0.25) is 5.91 Å². The lowest BCUT2D eigenvalue weighted by atomic mass is 10.1. The molecule has 1 aliphatic heterocycles. The summed E-state index contributed by atoms with van der Waals surface area (Å²) in [6.07, 6.45) is 1.74. The number of benzene rings is 1. The average Bonchev–Trinajstić information content (AvgIpc) is 3.11. The van der Waals surface area contributed by atoms with Crippen molar-refractivity contribution in [3.05, 3.63) is 47.8 Å². The summed E-state index contributed by atoms with van der Waals surface area (Å²) in [6.45, 7) is 7.68. The van der Waals surface area contributed by atoms with Gasteiger partial charge in [-0.05, 0) is 51.1 Å². The molecule has 2 amide bonds. The van der Waals surface area contributed by atoms with Gasteiger partial charge in [0.1, 0.15) is 0 Å². The number of nitrogens with zero attached hydrogens (tertiary/aromatic N) is 4. The van der Waals surface area contributed by atoms with Crippen molar-refractivity contribution >= 4 is 34.2 Å². The van der Waals surface area contributed by atoms with Gasteiger partial charge in [-0.15, -0.1) is 0 Å². The average molecular weight is 392 g/mol. The van der Waals surface area contributed by atoms with E-state index in [4.69, 9.17) is 0 Å². The molecule has 3 aromatic rings. The van der Waals surface area contributed by atoms with Gasteiger partial charge in [0.15, 0.2) is 5.65 Å². The molecule has 0 saturated carbocycles. The summed E-state index contributed by atoms with van der Waals surface area (Å²) in [7, 11) is 0. The second kappa shape index (κ2) is 7.54. The Hall–Kier alpha value is -3.42. The highest BCUT2D eigenvalue weighted by atomic mass is 16.2. The van der Waals surface area contributed by atoms with Crippen LogP contribution in [0.4, 0.5) is 11.4 Å². The number of carbonyl (C=O) groups excluding carboxylic acids is 2. The van der Waals surface area contributed by atoms with Crippen LogP contribution in [-0.2, 0) is 4.79 Å². The maximum atomic E-state index is 12.8. The third-order valence-electron chi connectivity index (χ3n) is 5.02. The van der Waals surface area contributed by atoms with E-state index >= 15 is 0 Å². The quantitative estimate of drug-likeness (QED) is 0.712. The van der Waals surface area contributed by atoms with Crippen molar-refractivity contribution in [1.29, 1.82) is 0 Å². The van der Waals surface area contributed by atoms with Crippen LogP contribution in [0.2, 0.25) is 0 Å². The van der Waals surface area contributed by atoms with Crippen LogP contribution in [0.5, 0.6) is 0 Å². The van der Waals surface area contributed by atoms with E-state index in [1.807, 2.05) is 60.7 Å². The van der Waals surface area contributed by atoms with Gasteiger partial charge in [-0.1, -0.05) is 0 Å². The molecule has 8 heteroatoms. The molecule has 0 atom stereocenters. The molecular weight excluding hydrogens is 368 g/mol. The van der Waals surface area contributed by atoms with Crippen LogP contribution in [0.1, 0.15) is 35.9 Å². The van der Waals surface area contributed by atoms with Gasteiger partial charge in [-0.25, -0.2) is 9.67 Å². The number of amides is 2. The van der Waals surface area contributed by atoms with Gasteiger partial charge in [-0.3, -0.25) is 9.59 Å². The molecule has 0 radical (unpaired) electrons. The van der Waals surface area contributed by atoms with E-state index in [-0.39, 0.29) is 17.9 Å². The maximum absolute atomic E-state index is 12.8. The molecule has 1 aromatic carbocycles. The summed E-state index contributed by atoms with van der Waals surface area (Å²) < 4.78 is 1.85. The molecule has 4 rings (SSSR count). The van der Waals surface area contributed by atoms with Crippen molar-refractivity contribution in [3.8, 4) is 0 Å². The number of pyridine rings is 1. The fourth-order valence-electron chi connectivity index (χ4n) is 3.49. The minimum atomic E-state index is -0.209. The topological polar surface area (TPSA) is 92.2 Å². The number of aryl methyl sites for hydroxylation is 1.